The molecule has 3 heteroatoms. The summed E-state index contributed by atoms with van der Waals surface area (Å²) in [6.07, 6.45) is 2.80. The topological polar surface area (TPSA) is 29.3 Å². The van der Waals surface area contributed by atoms with Gasteiger partial charge < -0.3 is 5.73 Å². The third-order valence-corrected chi connectivity index (χ3v) is 3.89. The van der Waals surface area contributed by atoms with Gasteiger partial charge in [-0.25, -0.2) is 0 Å². The number of halogens is 1. The first kappa shape index (κ1) is 12.9. The predicted molar refractivity (Wildman–Crippen MR) is 76.8 cm³/mol. The highest BCUT2D eigenvalue weighted by molar-refractivity contribution is 9.10. The van der Waals surface area contributed by atoms with Crippen molar-refractivity contribution in [1.82, 2.24) is 4.90 Å². The predicted octanol–water partition coefficient (Wildman–Crippen LogP) is 3.65. The quantitative estimate of drug-likeness (QED) is 0.841. The molecule has 1 saturated carbocycles. The molecule has 2 N–H and O–H groups in total. The van der Waals surface area contributed by atoms with Gasteiger partial charge in [0.15, 0.2) is 0 Å². The fourth-order valence-electron chi connectivity index (χ4n) is 2.02. The Labute approximate surface area is 112 Å². The Bertz CT molecular complexity index is 386. The molecule has 0 atom stereocenters. The monoisotopic (exact) mass is 296 g/mol. The van der Waals surface area contributed by atoms with E-state index >= 15 is 0 Å². The van der Waals surface area contributed by atoms with Crippen molar-refractivity contribution in [2.45, 2.75) is 39.3 Å². The van der Waals surface area contributed by atoms with Crippen molar-refractivity contribution in [2.75, 3.05) is 12.3 Å². The molecule has 0 spiro atoms. The summed E-state index contributed by atoms with van der Waals surface area (Å²) in [7, 11) is 0. The van der Waals surface area contributed by atoms with Gasteiger partial charge in [0.25, 0.3) is 0 Å². The van der Waals surface area contributed by atoms with Gasteiger partial charge >= 0.3 is 0 Å². The standard InChI is InChI=1S/C14H21BrN2/c1-10(2)17(8-11-3-4-11)9-12-5-6-13(15)7-14(12)16/h5-7,10-11H,3-4,8-9,16H2,1-2H3. The van der Waals surface area contributed by atoms with E-state index in [1.54, 1.807) is 0 Å². The average Bonchev–Trinajstić information content (AvgIpc) is 3.04. The molecule has 0 amide bonds. The molecule has 0 unspecified atom stereocenters. The van der Waals surface area contributed by atoms with Crippen molar-refractivity contribution in [1.29, 1.82) is 0 Å². The molecular formula is C14H21BrN2. The zero-order valence-electron chi connectivity index (χ0n) is 10.6. The number of nitrogen functional groups attached to an aromatic ring is 1. The van der Waals surface area contributed by atoms with E-state index in [4.69, 9.17) is 5.73 Å². The Balaban J connectivity index is 2.05. The molecule has 1 aliphatic carbocycles. The first-order valence-electron chi connectivity index (χ1n) is 6.34. The van der Waals surface area contributed by atoms with Crippen LogP contribution < -0.4 is 5.73 Å². The number of anilines is 1. The van der Waals surface area contributed by atoms with Gasteiger partial charge in [-0.2, -0.15) is 0 Å². The van der Waals surface area contributed by atoms with E-state index in [1.165, 1.54) is 24.9 Å². The fourth-order valence-corrected chi connectivity index (χ4v) is 2.40. The lowest BCUT2D eigenvalue weighted by molar-refractivity contribution is 0.204. The highest BCUT2D eigenvalue weighted by Crippen LogP contribution is 2.31. The molecule has 0 heterocycles. The molecule has 1 fully saturated rings. The number of nitrogens with zero attached hydrogens (tertiary/aromatic N) is 1. The number of hydrogen-bond donors (Lipinski definition) is 1. The molecule has 94 valence electrons. The van der Waals surface area contributed by atoms with Crippen LogP contribution >= 0.6 is 15.9 Å². The molecule has 0 saturated heterocycles. The van der Waals surface area contributed by atoms with E-state index in [1.807, 2.05) is 6.07 Å². The van der Waals surface area contributed by atoms with Gasteiger partial charge in [-0.1, -0.05) is 22.0 Å². The van der Waals surface area contributed by atoms with Gasteiger partial charge in [-0.05, 0) is 50.3 Å². The van der Waals surface area contributed by atoms with Crippen LogP contribution in [0.4, 0.5) is 5.69 Å². The second-order valence-electron chi connectivity index (χ2n) is 5.31. The Morgan fingerprint density at radius 1 is 1.41 bits per heavy atom. The summed E-state index contributed by atoms with van der Waals surface area (Å²) in [5, 5.41) is 0. The molecule has 0 aliphatic heterocycles. The molecule has 0 bridgehead atoms. The van der Waals surface area contributed by atoms with Crippen LogP contribution in [0.25, 0.3) is 0 Å². The summed E-state index contributed by atoms with van der Waals surface area (Å²) in [5.74, 6) is 0.925. The summed E-state index contributed by atoms with van der Waals surface area (Å²) < 4.78 is 1.05. The lowest BCUT2D eigenvalue weighted by Crippen LogP contribution is -2.32. The molecular weight excluding hydrogens is 276 g/mol. The third kappa shape index (κ3) is 3.71. The van der Waals surface area contributed by atoms with E-state index < -0.39 is 0 Å². The number of nitrogens with two attached hydrogens (primary N) is 1. The number of rotatable bonds is 5. The lowest BCUT2D eigenvalue weighted by Gasteiger charge is -2.27. The normalized spacial score (nSPS) is 15.8. The molecule has 0 aromatic heterocycles. The summed E-state index contributed by atoms with van der Waals surface area (Å²) >= 11 is 3.45. The summed E-state index contributed by atoms with van der Waals surface area (Å²) in [6.45, 7) is 6.70. The van der Waals surface area contributed by atoms with Crippen molar-refractivity contribution in [3.8, 4) is 0 Å². The molecule has 17 heavy (non-hydrogen) atoms. The van der Waals surface area contributed by atoms with Crippen molar-refractivity contribution < 1.29 is 0 Å². The van der Waals surface area contributed by atoms with E-state index in [-0.39, 0.29) is 0 Å². The fraction of sp³-hybridized carbons (Fsp3) is 0.571. The van der Waals surface area contributed by atoms with Gasteiger partial charge in [-0.15, -0.1) is 0 Å². The Morgan fingerprint density at radius 3 is 2.65 bits per heavy atom. The van der Waals surface area contributed by atoms with Crippen LogP contribution in [0, 0.1) is 5.92 Å². The van der Waals surface area contributed by atoms with Gasteiger partial charge in [-0.3, -0.25) is 4.90 Å². The summed E-state index contributed by atoms with van der Waals surface area (Å²) in [4.78, 5) is 2.53. The number of benzene rings is 1. The zero-order valence-corrected chi connectivity index (χ0v) is 12.2. The van der Waals surface area contributed by atoms with Crippen molar-refractivity contribution in [3.63, 3.8) is 0 Å². The Morgan fingerprint density at radius 2 is 2.12 bits per heavy atom. The van der Waals surface area contributed by atoms with Crippen LogP contribution in [0.2, 0.25) is 0 Å². The third-order valence-electron chi connectivity index (χ3n) is 3.40. The largest absolute Gasteiger partial charge is 0.398 e. The lowest BCUT2D eigenvalue weighted by atomic mass is 10.1. The highest BCUT2D eigenvalue weighted by atomic mass is 79.9. The van der Waals surface area contributed by atoms with Gasteiger partial charge in [0, 0.05) is 29.3 Å². The first-order valence-corrected chi connectivity index (χ1v) is 7.13. The van der Waals surface area contributed by atoms with Crippen LogP contribution in [0.1, 0.15) is 32.3 Å². The zero-order chi connectivity index (χ0) is 12.4. The second-order valence-corrected chi connectivity index (χ2v) is 6.23. The van der Waals surface area contributed by atoms with Gasteiger partial charge in [0.1, 0.15) is 0 Å². The van der Waals surface area contributed by atoms with E-state index in [2.05, 4.69) is 46.8 Å². The average molecular weight is 297 g/mol. The maximum atomic E-state index is 6.06. The highest BCUT2D eigenvalue weighted by Gasteiger charge is 2.25. The maximum Gasteiger partial charge on any atom is 0.0371 e. The van der Waals surface area contributed by atoms with Crippen LogP contribution in [0.15, 0.2) is 22.7 Å². The van der Waals surface area contributed by atoms with E-state index in [9.17, 15) is 0 Å². The minimum atomic E-state index is 0.582. The SMILES string of the molecule is CC(C)N(Cc1ccc(Br)cc1N)CC1CC1. The Hall–Kier alpha value is -0.540. The molecule has 2 rings (SSSR count). The van der Waals surface area contributed by atoms with Crippen molar-refractivity contribution in [2.24, 2.45) is 5.92 Å². The first-order chi connectivity index (χ1) is 8.06. The van der Waals surface area contributed by atoms with Crippen molar-refractivity contribution in [3.05, 3.63) is 28.2 Å². The molecule has 1 aromatic rings. The van der Waals surface area contributed by atoms with Crippen LogP contribution in [0.3, 0.4) is 0 Å². The minimum absolute atomic E-state index is 0.582. The second kappa shape index (κ2) is 5.40. The van der Waals surface area contributed by atoms with Crippen LogP contribution in [0.5, 0.6) is 0 Å². The van der Waals surface area contributed by atoms with Crippen LogP contribution in [-0.2, 0) is 6.54 Å². The maximum absolute atomic E-state index is 6.06. The summed E-state index contributed by atoms with van der Waals surface area (Å²) in [6, 6.07) is 6.77. The van der Waals surface area contributed by atoms with Gasteiger partial charge in [0.05, 0.1) is 0 Å². The molecule has 0 radical (unpaired) electrons. The number of hydrogen-bond acceptors (Lipinski definition) is 2. The summed E-state index contributed by atoms with van der Waals surface area (Å²) in [5.41, 5.74) is 8.19. The smallest absolute Gasteiger partial charge is 0.0371 e. The Kier molecular flexibility index (Phi) is 4.10. The van der Waals surface area contributed by atoms with E-state index in [0.29, 0.717) is 6.04 Å². The van der Waals surface area contributed by atoms with E-state index in [0.717, 1.165) is 22.6 Å². The molecule has 2 nitrogen and oxygen atoms in total. The van der Waals surface area contributed by atoms with Crippen molar-refractivity contribution >= 4 is 21.6 Å². The van der Waals surface area contributed by atoms with Crippen LogP contribution in [-0.4, -0.2) is 17.5 Å². The minimum Gasteiger partial charge on any atom is -0.398 e. The molecule has 1 aliphatic rings. The molecule has 1 aromatic carbocycles. The van der Waals surface area contributed by atoms with Gasteiger partial charge in [0.2, 0.25) is 0 Å².